The van der Waals surface area contributed by atoms with Crippen LogP contribution in [0.2, 0.25) is 0 Å². The monoisotopic (exact) mass is 471 g/mol. The molecule has 2 bridgehead atoms. The number of carboxylic acid groups (broad SMARTS) is 1. The van der Waals surface area contributed by atoms with Crippen LogP contribution >= 0.6 is 31.9 Å². The number of anilines is 1. The van der Waals surface area contributed by atoms with E-state index in [1.165, 1.54) is 4.90 Å². The van der Waals surface area contributed by atoms with Gasteiger partial charge in [-0.3, -0.25) is 14.5 Å². The van der Waals surface area contributed by atoms with E-state index in [0.29, 0.717) is 11.4 Å². The van der Waals surface area contributed by atoms with Crippen LogP contribution in [-0.4, -0.2) is 39.2 Å². The molecule has 1 aromatic carbocycles. The molecule has 6 atom stereocenters. The van der Waals surface area contributed by atoms with Crippen molar-refractivity contribution in [3.63, 3.8) is 0 Å². The topological polar surface area (TPSA) is 83.9 Å². The van der Waals surface area contributed by atoms with Crippen LogP contribution in [0.4, 0.5) is 5.69 Å². The Morgan fingerprint density at radius 1 is 1.08 bits per heavy atom. The standard InChI is InChI=1S/C17H15Br2NO5/c18-14-9-5-10(15(14)19)13-12(9)16(23)20(17(13)24)7-1-3-8(4-2-7)25-6-11(21)22/h1-4,9-10,12-15H,5-6H2,(H,21,22)/t9-,10-,12-,13-,14-,15+/m0/s1. The van der Waals surface area contributed by atoms with E-state index >= 15 is 0 Å². The van der Waals surface area contributed by atoms with Crippen LogP contribution in [-0.2, 0) is 14.4 Å². The fourth-order valence-corrected chi connectivity index (χ4v) is 6.31. The van der Waals surface area contributed by atoms with E-state index in [2.05, 4.69) is 31.9 Å². The summed E-state index contributed by atoms with van der Waals surface area (Å²) in [5, 5.41) is 8.63. The smallest absolute Gasteiger partial charge is 0.341 e. The molecule has 2 aliphatic carbocycles. The van der Waals surface area contributed by atoms with Crippen molar-refractivity contribution in [3.8, 4) is 5.75 Å². The molecule has 0 aromatic heterocycles. The van der Waals surface area contributed by atoms with Gasteiger partial charge in [0.2, 0.25) is 11.8 Å². The number of carbonyl (C=O) groups excluding carboxylic acids is 2. The minimum absolute atomic E-state index is 0.134. The molecule has 25 heavy (non-hydrogen) atoms. The molecule has 3 fully saturated rings. The van der Waals surface area contributed by atoms with Crippen LogP contribution in [0.1, 0.15) is 6.42 Å². The number of imide groups is 1. The summed E-state index contributed by atoms with van der Waals surface area (Å²) in [5.41, 5.74) is 0.503. The van der Waals surface area contributed by atoms with E-state index in [9.17, 15) is 14.4 Å². The van der Waals surface area contributed by atoms with E-state index in [4.69, 9.17) is 9.84 Å². The van der Waals surface area contributed by atoms with Crippen molar-refractivity contribution in [1.29, 1.82) is 0 Å². The Morgan fingerprint density at radius 3 is 2.08 bits per heavy atom. The zero-order valence-electron chi connectivity index (χ0n) is 13.0. The fraction of sp³-hybridized carbons (Fsp3) is 0.471. The van der Waals surface area contributed by atoms with Crippen LogP contribution in [0, 0.1) is 23.7 Å². The van der Waals surface area contributed by atoms with Crippen molar-refractivity contribution in [1.82, 2.24) is 0 Å². The van der Waals surface area contributed by atoms with E-state index in [1.54, 1.807) is 24.3 Å². The largest absolute Gasteiger partial charge is 0.482 e. The number of ether oxygens (including phenoxy) is 1. The van der Waals surface area contributed by atoms with Crippen LogP contribution in [0.15, 0.2) is 24.3 Å². The van der Waals surface area contributed by atoms with Gasteiger partial charge in [-0.05, 0) is 42.5 Å². The van der Waals surface area contributed by atoms with Crippen molar-refractivity contribution < 1.29 is 24.2 Å². The average Bonchev–Trinajstić information content (AvgIpc) is 3.19. The highest BCUT2D eigenvalue weighted by Crippen LogP contribution is 2.60. The molecular weight excluding hydrogens is 458 g/mol. The summed E-state index contributed by atoms with van der Waals surface area (Å²) in [6.07, 6.45) is 0.897. The van der Waals surface area contributed by atoms with Gasteiger partial charge in [0, 0.05) is 9.65 Å². The van der Waals surface area contributed by atoms with Gasteiger partial charge in [0.25, 0.3) is 0 Å². The molecule has 0 radical (unpaired) electrons. The van der Waals surface area contributed by atoms with Gasteiger partial charge in [-0.1, -0.05) is 31.9 Å². The molecule has 1 heterocycles. The summed E-state index contributed by atoms with van der Waals surface area (Å²) in [7, 11) is 0. The zero-order chi connectivity index (χ0) is 17.9. The van der Waals surface area contributed by atoms with Crippen LogP contribution in [0.3, 0.4) is 0 Å². The Hall–Kier alpha value is -1.41. The SMILES string of the molecule is O=C(O)COc1ccc(N2C(=O)[C@H]3[C@@H]4C[C@H]([C@@H](Br)[C@H]4Br)[C@@H]3C2=O)cc1. The number of aliphatic carboxylic acids is 1. The van der Waals surface area contributed by atoms with Crippen LogP contribution < -0.4 is 9.64 Å². The second-order valence-corrected chi connectivity index (χ2v) is 8.81. The lowest BCUT2D eigenvalue weighted by Gasteiger charge is -2.28. The van der Waals surface area contributed by atoms with E-state index in [1.807, 2.05) is 0 Å². The minimum atomic E-state index is -1.06. The molecule has 3 aliphatic rings. The van der Waals surface area contributed by atoms with Crippen molar-refractivity contribution >= 4 is 55.3 Å². The Morgan fingerprint density at radius 2 is 1.60 bits per heavy atom. The number of rotatable bonds is 4. The molecule has 1 aliphatic heterocycles. The first-order valence-corrected chi connectivity index (χ1v) is 9.84. The number of nitrogens with zero attached hydrogens (tertiary/aromatic N) is 1. The van der Waals surface area contributed by atoms with Crippen molar-refractivity contribution in [2.45, 2.75) is 16.1 Å². The summed E-state index contributed by atoms with van der Waals surface area (Å²) in [4.78, 5) is 38.0. The van der Waals surface area contributed by atoms with Gasteiger partial charge in [-0.15, -0.1) is 0 Å². The lowest BCUT2D eigenvalue weighted by molar-refractivity contribution is -0.139. The third kappa shape index (κ3) is 2.52. The first-order valence-electron chi connectivity index (χ1n) is 8.00. The predicted molar refractivity (Wildman–Crippen MR) is 96.1 cm³/mol. The van der Waals surface area contributed by atoms with Crippen molar-refractivity contribution in [2.24, 2.45) is 23.7 Å². The maximum atomic E-state index is 12.9. The third-order valence-corrected chi connectivity index (χ3v) is 8.65. The Bertz CT molecular complexity index is 720. The summed E-state index contributed by atoms with van der Waals surface area (Å²) in [5.74, 6) is -1.09. The van der Waals surface area contributed by atoms with Gasteiger partial charge < -0.3 is 9.84 Å². The highest BCUT2D eigenvalue weighted by atomic mass is 79.9. The molecule has 2 saturated carbocycles. The number of fused-ring (bicyclic) bond motifs is 5. The number of amides is 2. The first kappa shape index (κ1) is 17.0. The third-order valence-electron chi connectivity index (χ3n) is 5.44. The van der Waals surface area contributed by atoms with Gasteiger partial charge in [0.1, 0.15) is 5.75 Å². The number of benzene rings is 1. The summed E-state index contributed by atoms with van der Waals surface area (Å²) >= 11 is 7.33. The Balaban J connectivity index is 1.57. The summed E-state index contributed by atoms with van der Waals surface area (Å²) in [6.45, 7) is -0.437. The van der Waals surface area contributed by atoms with Gasteiger partial charge in [0.15, 0.2) is 6.61 Å². The van der Waals surface area contributed by atoms with E-state index < -0.39 is 12.6 Å². The maximum absolute atomic E-state index is 12.9. The van der Waals surface area contributed by atoms with Crippen molar-refractivity contribution in [3.05, 3.63) is 24.3 Å². The Kier molecular flexibility index (Phi) is 4.15. The second kappa shape index (κ2) is 6.09. The normalized spacial score (nSPS) is 36.0. The molecule has 0 spiro atoms. The molecule has 4 rings (SSSR count). The van der Waals surface area contributed by atoms with E-state index in [0.717, 1.165) is 6.42 Å². The number of hydrogen-bond acceptors (Lipinski definition) is 4. The zero-order valence-corrected chi connectivity index (χ0v) is 16.1. The van der Waals surface area contributed by atoms with Crippen LogP contribution in [0.25, 0.3) is 0 Å². The van der Waals surface area contributed by atoms with Gasteiger partial charge >= 0.3 is 5.97 Å². The first-order chi connectivity index (χ1) is 11.9. The molecule has 1 saturated heterocycles. The number of carbonyl (C=O) groups is 3. The quantitative estimate of drug-likeness (QED) is 0.537. The van der Waals surface area contributed by atoms with E-state index in [-0.39, 0.29) is 45.1 Å². The highest BCUT2D eigenvalue weighted by Gasteiger charge is 2.66. The average molecular weight is 473 g/mol. The van der Waals surface area contributed by atoms with Crippen LogP contribution in [0.5, 0.6) is 5.75 Å². The van der Waals surface area contributed by atoms with Gasteiger partial charge in [-0.2, -0.15) is 0 Å². The highest BCUT2D eigenvalue weighted by molar-refractivity contribution is 9.12. The van der Waals surface area contributed by atoms with Gasteiger partial charge in [0.05, 0.1) is 17.5 Å². The maximum Gasteiger partial charge on any atom is 0.341 e. The molecule has 0 unspecified atom stereocenters. The number of halogens is 2. The number of alkyl halides is 2. The molecule has 1 aromatic rings. The predicted octanol–water partition coefficient (Wildman–Crippen LogP) is 2.43. The number of carboxylic acids is 1. The summed E-state index contributed by atoms with van der Waals surface area (Å²) < 4.78 is 5.09. The van der Waals surface area contributed by atoms with Gasteiger partial charge in [-0.25, -0.2) is 4.79 Å². The fourth-order valence-electron chi connectivity index (χ4n) is 4.44. The molecule has 1 N–H and O–H groups in total. The lowest BCUT2D eigenvalue weighted by atomic mass is 9.81. The molecule has 2 amide bonds. The number of hydrogen-bond donors (Lipinski definition) is 1. The lowest BCUT2D eigenvalue weighted by Crippen LogP contribution is -2.37. The Labute approximate surface area is 160 Å². The minimum Gasteiger partial charge on any atom is -0.482 e. The molecular formula is C17H15Br2NO5. The second-order valence-electron chi connectivity index (χ2n) is 6.69. The summed E-state index contributed by atoms with van der Waals surface area (Å²) in [6, 6.07) is 6.38. The molecule has 6 nitrogen and oxygen atoms in total. The van der Waals surface area contributed by atoms with Crippen molar-refractivity contribution in [2.75, 3.05) is 11.5 Å². The molecule has 8 heteroatoms. The molecule has 132 valence electrons.